The van der Waals surface area contributed by atoms with Gasteiger partial charge in [0.05, 0.1) is 6.61 Å². The third-order valence-electron chi connectivity index (χ3n) is 1.83. The third kappa shape index (κ3) is 4.29. The summed E-state index contributed by atoms with van der Waals surface area (Å²) in [5, 5.41) is 20.3. The van der Waals surface area contributed by atoms with Crippen molar-refractivity contribution >= 4 is 11.6 Å². The summed E-state index contributed by atoms with van der Waals surface area (Å²) in [5.41, 5.74) is 0.683. The van der Waals surface area contributed by atoms with E-state index in [1.54, 1.807) is 24.3 Å². The predicted molar refractivity (Wildman–Crippen MR) is 59.3 cm³/mol. The highest BCUT2D eigenvalue weighted by Crippen LogP contribution is 2.15. The van der Waals surface area contributed by atoms with Crippen LogP contribution in [0.15, 0.2) is 24.3 Å². The number of anilines is 1. The second-order valence-electron chi connectivity index (χ2n) is 3.35. The van der Waals surface area contributed by atoms with E-state index in [0.29, 0.717) is 11.4 Å². The van der Waals surface area contributed by atoms with Gasteiger partial charge in [-0.3, -0.25) is 4.79 Å². The van der Waals surface area contributed by atoms with Gasteiger partial charge in [0.25, 0.3) is 0 Å². The van der Waals surface area contributed by atoms with E-state index < -0.39 is 6.10 Å². The zero-order valence-corrected chi connectivity index (χ0v) is 9.01. The van der Waals surface area contributed by atoms with Crippen LogP contribution in [0.4, 0.5) is 5.69 Å². The van der Waals surface area contributed by atoms with E-state index in [1.165, 1.54) is 6.92 Å². The smallest absolute Gasteiger partial charge is 0.221 e. The SMILES string of the molecule is CC(=O)Nc1ccc(OC[C@H](O)CO)cc1. The van der Waals surface area contributed by atoms with Gasteiger partial charge in [-0.1, -0.05) is 0 Å². The maximum atomic E-state index is 10.7. The van der Waals surface area contributed by atoms with Crippen molar-refractivity contribution in [2.75, 3.05) is 18.5 Å². The molecule has 1 aromatic carbocycles. The van der Waals surface area contributed by atoms with Gasteiger partial charge >= 0.3 is 0 Å². The number of amides is 1. The fraction of sp³-hybridized carbons (Fsp3) is 0.364. The molecule has 5 nitrogen and oxygen atoms in total. The van der Waals surface area contributed by atoms with Crippen LogP contribution >= 0.6 is 0 Å². The van der Waals surface area contributed by atoms with Gasteiger partial charge in [0.2, 0.25) is 5.91 Å². The highest BCUT2D eigenvalue weighted by molar-refractivity contribution is 5.88. The van der Waals surface area contributed by atoms with Crippen molar-refractivity contribution in [1.29, 1.82) is 0 Å². The van der Waals surface area contributed by atoms with Crippen LogP contribution in [0, 0.1) is 0 Å². The fourth-order valence-corrected chi connectivity index (χ4v) is 1.08. The Labute approximate surface area is 93.7 Å². The van der Waals surface area contributed by atoms with Crippen molar-refractivity contribution < 1.29 is 19.7 Å². The lowest BCUT2D eigenvalue weighted by molar-refractivity contribution is -0.114. The van der Waals surface area contributed by atoms with Crippen molar-refractivity contribution in [3.63, 3.8) is 0 Å². The lowest BCUT2D eigenvalue weighted by Gasteiger charge is -2.10. The molecule has 16 heavy (non-hydrogen) atoms. The summed E-state index contributed by atoms with van der Waals surface area (Å²) < 4.78 is 5.20. The van der Waals surface area contributed by atoms with Gasteiger partial charge in [0, 0.05) is 12.6 Å². The predicted octanol–water partition coefficient (Wildman–Crippen LogP) is 0.377. The molecule has 0 unspecified atom stereocenters. The van der Waals surface area contributed by atoms with Crippen molar-refractivity contribution in [1.82, 2.24) is 0 Å². The molecule has 3 N–H and O–H groups in total. The van der Waals surface area contributed by atoms with Crippen molar-refractivity contribution in [2.45, 2.75) is 13.0 Å². The monoisotopic (exact) mass is 225 g/mol. The summed E-state index contributed by atoms with van der Waals surface area (Å²) in [7, 11) is 0. The lowest BCUT2D eigenvalue weighted by atomic mass is 10.3. The number of aliphatic hydroxyl groups excluding tert-OH is 2. The number of hydrogen-bond acceptors (Lipinski definition) is 4. The Hall–Kier alpha value is -1.59. The molecule has 0 aliphatic rings. The molecule has 5 heteroatoms. The largest absolute Gasteiger partial charge is 0.491 e. The molecule has 88 valence electrons. The minimum absolute atomic E-state index is 0.0377. The average molecular weight is 225 g/mol. The molecule has 0 radical (unpaired) electrons. The first-order valence-electron chi connectivity index (χ1n) is 4.91. The Kier molecular flexibility index (Phi) is 4.75. The molecule has 0 saturated heterocycles. The maximum Gasteiger partial charge on any atom is 0.221 e. The minimum atomic E-state index is -0.880. The Bertz CT molecular complexity index is 336. The molecule has 0 saturated carbocycles. The van der Waals surface area contributed by atoms with E-state index in [1.807, 2.05) is 0 Å². The van der Waals surface area contributed by atoms with Gasteiger partial charge < -0.3 is 20.3 Å². The summed E-state index contributed by atoms with van der Waals surface area (Å²) in [6.45, 7) is 1.14. The van der Waals surface area contributed by atoms with Crippen molar-refractivity contribution in [3.05, 3.63) is 24.3 Å². The molecule has 0 heterocycles. The van der Waals surface area contributed by atoms with Gasteiger partial charge in [0.15, 0.2) is 0 Å². The number of benzene rings is 1. The summed E-state index contributed by atoms with van der Waals surface area (Å²) in [4.78, 5) is 10.7. The van der Waals surface area contributed by atoms with Gasteiger partial charge in [-0.15, -0.1) is 0 Å². The zero-order valence-electron chi connectivity index (χ0n) is 9.01. The summed E-state index contributed by atoms with van der Waals surface area (Å²) >= 11 is 0. The van der Waals surface area contributed by atoms with E-state index in [-0.39, 0.29) is 19.1 Å². The van der Waals surface area contributed by atoms with Crippen LogP contribution < -0.4 is 10.1 Å². The van der Waals surface area contributed by atoms with Crippen LogP contribution in [0.2, 0.25) is 0 Å². The molecule has 0 aliphatic carbocycles. The number of hydrogen-bond donors (Lipinski definition) is 3. The second kappa shape index (κ2) is 6.09. The number of carbonyl (C=O) groups excluding carboxylic acids is 1. The first-order chi connectivity index (χ1) is 7.61. The topological polar surface area (TPSA) is 78.8 Å². The summed E-state index contributed by atoms with van der Waals surface area (Å²) in [6, 6.07) is 6.74. The quantitative estimate of drug-likeness (QED) is 0.676. The summed E-state index contributed by atoms with van der Waals surface area (Å²) in [6.07, 6.45) is -0.880. The van der Waals surface area contributed by atoms with E-state index in [0.717, 1.165) is 0 Å². The number of ether oxygens (including phenoxy) is 1. The molecule has 1 amide bonds. The van der Waals surface area contributed by atoms with Crippen molar-refractivity contribution in [3.8, 4) is 5.75 Å². The van der Waals surface area contributed by atoms with Crippen LogP contribution in [0.5, 0.6) is 5.75 Å². The normalized spacial score (nSPS) is 11.9. The molecule has 0 bridgehead atoms. The van der Waals surface area contributed by atoms with Gasteiger partial charge in [-0.2, -0.15) is 0 Å². The van der Waals surface area contributed by atoms with Crippen LogP contribution in [0.25, 0.3) is 0 Å². The highest BCUT2D eigenvalue weighted by Gasteiger charge is 2.03. The van der Waals surface area contributed by atoms with Gasteiger partial charge in [-0.05, 0) is 24.3 Å². The molecule has 0 fully saturated rings. The molecule has 1 atom stereocenters. The van der Waals surface area contributed by atoms with E-state index in [9.17, 15) is 4.79 Å². The van der Waals surface area contributed by atoms with Gasteiger partial charge in [0.1, 0.15) is 18.5 Å². The minimum Gasteiger partial charge on any atom is -0.491 e. The number of aliphatic hydroxyl groups is 2. The Morgan fingerprint density at radius 1 is 1.44 bits per heavy atom. The van der Waals surface area contributed by atoms with Crippen LogP contribution in [0.1, 0.15) is 6.92 Å². The van der Waals surface area contributed by atoms with Crippen LogP contribution in [0.3, 0.4) is 0 Å². The molecule has 0 aliphatic heterocycles. The lowest BCUT2D eigenvalue weighted by Crippen LogP contribution is -2.21. The number of nitrogens with one attached hydrogen (secondary N) is 1. The molecular formula is C11H15NO4. The first-order valence-corrected chi connectivity index (χ1v) is 4.91. The Balaban J connectivity index is 2.48. The third-order valence-corrected chi connectivity index (χ3v) is 1.83. The Morgan fingerprint density at radius 3 is 2.56 bits per heavy atom. The van der Waals surface area contributed by atoms with Crippen LogP contribution in [-0.2, 0) is 4.79 Å². The molecular weight excluding hydrogens is 210 g/mol. The van der Waals surface area contributed by atoms with E-state index in [2.05, 4.69) is 5.32 Å². The van der Waals surface area contributed by atoms with E-state index >= 15 is 0 Å². The van der Waals surface area contributed by atoms with Gasteiger partial charge in [-0.25, -0.2) is 0 Å². The first kappa shape index (κ1) is 12.5. The standard InChI is InChI=1S/C11H15NO4/c1-8(14)12-9-2-4-11(5-3-9)16-7-10(15)6-13/h2-5,10,13,15H,6-7H2,1H3,(H,12,14)/t10-/m1/s1. The molecule has 0 spiro atoms. The molecule has 1 rings (SSSR count). The fourth-order valence-electron chi connectivity index (χ4n) is 1.08. The molecule has 1 aromatic rings. The maximum absolute atomic E-state index is 10.7. The Morgan fingerprint density at radius 2 is 2.06 bits per heavy atom. The van der Waals surface area contributed by atoms with E-state index in [4.69, 9.17) is 14.9 Å². The second-order valence-corrected chi connectivity index (χ2v) is 3.35. The molecule has 0 aromatic heterocycles. The van der Waals surface area contributed by atoms with Crippen LogP contribution in [-0.4, -0.2) is 35.4 Å². The summed E-state index contributed by atoms with van der Waals surface area (Å²) in [5.74, 6) is 0.436. The van der Waals surface area contributed by atoms with Crippen molar-refractivity contribution in [2.24, 2.45) is 0 Å². The zero-order chi connectivity index (χ0) is 12.0. The highest BCUT2D eigenvalue weighted by atomic mass is 16.5. The number of rotatable bonds is 5. The number of carbonyl (C=O) groups is 1. The average Bonchev–Trinajstić information content (AvgIpc) is 2.27.